The van der Waals surface area contributed by atoms with Crippen molar-refractivity contribution in [3.05, 3.63) is 58.2 Å². The van der Waals surface area contributed by atoms with Crippen LogP contribution in [0.25, 0.3) is 0 Å². The van der Waals surface area contributed by atoms with Crippen LogP contribution in [0.3, 0.4) is 0 Å². The molecule has 132 valence electrons. The van der Waals surface area contributed by atoms with E-state index >= 15 is 0 Å². The summed E-state index contributed by atoms with van der Waals surface area (Å²) in [4.78, 5) is 28.4. The van der Waals surface area contributed by atoms with Gasteiger partial charge in [-0.15, -0.1) is 0 Å². The summed E-state index contributed by atoms with van der Waals surface area (Å²) in [6, 6.07) is 9.88. The maximum atomic E-state index is 12.5. The lowest BCUT2D eigenvalue weighted by molar-refractivity contribution is -0.153. The molecule has 1 aromatic heterocycles. The van der Waals surface area contributed by atoms with E-state index < -0.39 is 5.60 Å². The number of carbonyl (C=O) groups excluding carboxylic acids is 2. The van der Waals surface area contributed by atoms with E-state index in [0.717, 1.165) is 5.56 Å². The quantitative estimate of drug-likeness (QED) is 0.597. The maximum absolute atomic E-state index is 12.5. The monoisotopic (exact) mass is 361 g/mol. The van der Waals surface area contributed by atoms with Crippen molar-refractivity contribution in [2.24, 2.45) is 0 Å². The largest absolute Gasteiger partial charge is 0.480 e. The van der Waals surface area contributed by atoms with Crippen molar-refractivity contribution in [2.75, 3.05) is 7.11 Å². The highest BCUT2D eigenvalue weighted by atomic mass is 35.5. The molecule has 1 heterocycles. The van der Waals surface area contributed by atoms with Crippen LogP contribution in [-0.4, -0.2) is 29.4 Å². The molecule has 2 aromatic rings. The first kappa shape index (κ1) is 18.9. The lowest BCUT2D eigenvalue weighted by Gasteiger charge is -2.19. The Labute approximate surface area is 151 Å². The molecule has 25 heavy (non-hydrogen) atoms. The topological polar surface area (TPSA) is 65.5 Å². The number of aromatic nitrogens is 1. The van der Waals surface area contributed by atoms with Gasteiger partial charge in [0.15, 0.2) is 0 Å². The number of hydrogen-bond acceptors (Lipinski definition) is 5. The van der Waals surface area contributed by atoms with E-state index in [9.17, 15) is 9.59 Å². The number of benzene rings is 1. The number of carbonyl (C=O) groups is 2. The molecule has 0 aliphatic carbocycles. The second-order valence-electron chi connectivity index (χ2n) is 6.48. The summed E-state index contributed by atoms with van der Waals surface area (Å²) in [7, 11) is 1.44. The predicted octanol–water partition coefficient (Wildman–Crippen LogP) is 3.86. The minimum absolute atomic E-state index is 0.152. The second kappa shape index (κ2) is 7.66. The fourth-order valence-electron chi connectivity index (χ4n) is 2.16. The number of esters is 1. The maximum Gasteiger partial charge on any atom is 0.310 e. The van der Waals surface area contributed by atoms with Gasteiger partial charge < -0.3 is 9.47 Å². The minimum Gasteiger partial charge on any atom is -0.480 e. The van der Waals surface area contributed by atoms with Gasteiger partial charge in [-0.3, -0.25) is 9.59 Å². The number of rotatable bonds is 5. The van der Waals surface area contributed by atoms with E-state index in [0.29, 0.717) is 10.6 Å². The Morgan fingerprint density at radius 1 is 1.08 bits per heavy atom. The Bertz CT molecular complexity index is 779. The molecular formula is C19H20ClNO4. The Morgan fingerprint density at radius 2 is 1.72 bits per heavy atom. The molecule has 0 aliphatic rings. The first-order chi connectivity index (χ1) is 11.7. The summed E-state index contributed by atoms with van der Waals surface area (Å²) in [5.74, 6) is -0.358. The third kappa shape index (κ3) is 5.29. The Balaban J connectivity index is 2.11. The molecule has 0 atom stereocenters. The molecule has 5 nitrogen and oxygen atoms in total. The normalized spacial score (nSPS) is 11.1. The summed E-state index contributed by atoms with van der Waals surface area (Å²) in [5.41, 5.74) is 0.949. The molecule has 0 spiro atoms. The van der Waals surface area contributed by atoms with Crippen molar-refractivity contribution in [1.82, 2.24) is 4.98 Å². The van der Waals surface area contributed by atoms with Gasteiger partial charge in [0, 0.05) is 5.56 Å². The van der Waals surface area contributed by atoms with Gasteiger partial charge in [-0.2, -0.15) is 0 Å². The zero-order valence-electron chi connectivity index (χ0n) is 14.6. The van der Waals surface area contributed by atoms with Crippen LogP contribution in [0.15, 0.2) is 36.4 Å². The van der Waals surface area contributed by atoms with Crippen LogP contribution >= 0.6 is 11.6 Å². The van der Waals surface area contributed by atoms with Gasteiger partial charge >= 0.3 is 5.97 Å². The molecule has 0 saturated heterocycles. The van der Waals surface area contributed by atoms with Crippen LogP contribution in [0.1, 0.15) is 42.4 Å². The van der Waals surface area contributed by atoms with Crippen LogP contribution in [-0.2, 0) is 16.0 Å². The number of methoxy groups -OCH3 is 1. The molecule has 2 rings (SSSR count). The lowest BCUT2D eigenvalue weighted by Crippen LogP contribution is -2.24. The summed E-state index contributed by atoms with van der Waals surface area (Å²) < 4.78 is 10.3. The average molecular weight is 362 g/mol. The molecule has 0 unspecified atom stereocenters. The smallest absolute Gasteiger partial charge is 0.310 e. The third-order valence-electron chi connectivity index (χ3n) is 3.22. The van der Waals surface area contributed by atoms with Crippen LogP contribution in [0, 0.1) is 0 Å². The fraction of sp³-hybridized carbons (Fsp3) is 0.316. The highest BCUT2D eigenvalue weighted by Crippen LogP contribution is 2.22. The van der Waals surface area contributed by atoms with Crippen molar-refractivity contribution in [3.63, 3.8) is 0 Å². The molecule has 0 bridgehead atoms. The summed E-state index contributed by atoms with van der Waals surface area (Å²) >= 11 is 5.92. The molecule has 0 saturated carbocycles. The number of ether oxygens (including phenoxy) is 2. The van der Waals surface area contributed by atoms with Crippen molar-refractivity contribution in [3.8, 4) is 5.88 Å². The molecular weight excluding hydrogens is 342 g/mol. The summed E-state index contributed by atoms with van der Waals surface area (Å²) in [5, 5.41) is 0.340. The number of ketones is 1. The molecule has 0 radical (unpaired) electrons. The van der Waals surface area contributed by atoms with Crippen molar-refractivity contribution in [2.45, 2.75) is 32.8 Å². The standard InChI is InChI=1S/C19H20ClNO4/c1-19(2,3)25-16(22)11-12-5-7-13(8-6-12)17(23)15-10-9-14(20)18(21-15)24-4/h5-10H,11H2,1-4H3. The van der Waals surface area contributed by atoms with Gasteiger partial charge in [-0.05, 0) is 38.5 Å². The number of hydrogen-bond donors (Lipinski definition) is 0. The summed E-state index contributed by atoms with van der Waals surface area (Å²) in [6.07, 6.45) is 0.152. The van der Waals surface area contributed by atoms with Crippen molar-refractivity contribution >= 4 is 23.4 Å². The zero-order valence-corrected chi connectivity index (χ0v) is 15.4. The summed E-state index contributed by atoms with van der Waals surface area (Å²) in [6.45, 7) is 5.46. The molecule has 1 aromatic carbocycles. The van der Waals surface area contributed by atoms with Crippen LogP contribution in [0.2, 0.25) is 5.02 Å². The first-order valence-electron chi connectivity index (χ1n) is 7.75. The number of pyridine rings is 1. The van der Waals surface area contributed by atoms with E-state index in [1.807, 2.05) is 20.8 Å². The fourth-order valence-corrected chi connectivity index (χ4v) is 2.34. The Kier molecular flexibility index (Phi) is 5.80. The second-order valence-corrected chi connectivity index (χ2v) is 6.88. The van der Waals surface area contributed by atoms with Gasteiger partial charge in [0.2, 0.25) is 11.7 Å². The van der Waals surface area contributed by atoms with E-state index in [1.165, 1.54) is 7.11 Å². The van der Waals surface area contributed by atoms with Gasteiger partial charge in [0.05, 0.1) is 13.5 Å². The SMILES string of the molecule is COc1nc(C(=O)c2ccc(CC(=O)OC(C)(C)C)cc2)ccc1Cl. The van der Waals surface area contributed by atoms with Crippen LogP contribution in [0.5, 0.6) is 5.88 Å². The van der Waals surface area contributed by atoms with Gasteiger partial charge in [-0.25, -0.2) is 4.98 Å². The van der Waals surface area contributed by atoms with E-state index in [1.54, 1.807) is 36.4 Å². The van der Waals surface area contributed by atoms with Crippen molar-refractivity contribution in [1.29, 1.82) is 0 Å². The number of nitrogens with zero attached hydrogens (tertiary/aromatic N) is 1. The molecule has 0 N–H and O–H groups in total. The Hall–Kier alpha value is -2.40. The molecule has 0 aliphatic heterocycles. The highest BCUT2D eigenvalue weighted by Gasteiger charge is 2.17. The predicted molar refractivity (Wildman–Crippen MR) is 95.2 cm³/mol. The Morgan fingerprint density at radius 3 is 2.28 bits per heavy atom. The lowest BCUT2D eigenvalue weighted by atomic mass is 10.0. The van der Waals surface area contributed by atoms with Gasteiger partial charge in [0.25, 0.3) is 0 Å². The minimum atomic E-state index is -0.522. The van der Waals surface area contributed by atoms with Crippen molar-refractivity contribution < 1.29 is 19.1 Å². The van der Waals surface area contributed by atoms with Crippen LogP contribution in [0.4, 0.5) is 0 Å². The van der Waals surface area contributed by atoms with Gasteiger partial charge in [-0.1, -0.05) is 35.9 Å². The average Bonchev–Trinajstić information content (AvgIpc) is 2.53. The van der Waals surface area contributed by atoms with E-state index in [2.05, 4.69) is 4.98 Å². The zero-order chi connectivity index (χ0) is 18.6. The first-order valence-corrected chi connectivity index (χ1v) is 8.13. The van der Waals surface area contributed by atoms with E-state index in [4.69, 9.17) is 21.1 Å². The number of halogens is 1. The molecule has 0 fully saturated rings. The highest BCUT2D eigenvalue weighted by molar-refractivity contribution is 6.31. The third-order valence-corrected chi connectivity index (χ3v) is 3.51. The van der Waals surface area contributed by atoms with E-state index in [-0.39, 0.29) is 29.7 Å². The molecule has 0 amide bonds. The van der Waals surface area contributed by atoms with Gasteiger partial charge in [0.1, 0.15) is 16.3 Å². The van der Waals surface area contributed by atoms with Crippen LogP contribution < -0.4 is 4.74 Å². The molecule has 6 heteroatoms.